The molecule has 0 aromatic rings. The fourth-order valence-corrected chi connectivity index (χ4v) is 13.5. The van der Waals surface area contributed by atoms with E-state index in [0.717, 1.165) is 35.5 Å². The van der Waals surface area contributed by atoms with Crippen LogP contribution in [0.15, 0.2) is 12.2 Å². The number of hydrogen-bond donors (Lipinski definition) is 6. The van der Waals surface area contributed by atoms with Crippen LogP contribution in [-0.4, -0.2) is 238 Å². The highest BCUT2D eigenvalue weighted by Crippen LogP contribution is 2.42. The lowest BCUT2D eigenvalue weighted by Gasteiger charge is -2.49. The van der Waals surface area contributed by atoms with E-state index in [2.05, 4.69) is 33.5 Å². The molecule has 25 heteroatoms. The predicted octanol–water partition coefficient (Wildman–Crippen LogP) is 5.85. The van der Waals surface area contributed by atoms with Crippen molar-refractivity contribution in [2.24, 2.45) is 41.4 Å². The number of likely N-dealkylation sites (N-methyl/N-ethyl adjacent to an activating group) is 7. The van der Waals surface area contributed by atoms with E-state index in [0.29, 0.717) is 13.0 Å². The Bertz CT molecular complexity index is 2570. The van der Waals surface area contributed by atoms with Gasteiger partial charge in [-0.25, -0.2) is 0 Å². The van der Waals surface area contributed by atoms with Crippen LogP contribution in [0.2, 0.25) is 0 Å². The summed E-state index contributed by atoms with van der Waals surface area (Å²) < 4.78 is 0. The first-order valence-electron chi connectivity index (χ1n) is 34.8. The summed E-state index contributed by atoms with van der Waals surface area (Å²) in [6, 6.07) is -11.3. The normalized spacial score (nSPS) is 26.5. The summed E-state index contributed by atoms with van der Waals surface area (Å²) >= 11 is 1.17. The number of allylic oxidation sites excluding steroid dienone is 2. The topological polar surface area (TPSA) is 291 Å². The van der Waals surface area contributed by atoms with Crippen molar-refractivity contribution in [1.82, 2.24) is 60.9 Å². The van der Waals surface area contributed by atoms with Crippen LogP contribution in [0, 0.1) is 41.4 Å². The van der Waals surface area contributed by atoms with Crippen LogP contribution in [0.3, 0.4) is 0 Å². The van der Waals surface area contributed by atoms with Crippen LogP contribution in [-0.2, 0) is 52.7 Å². The van der Waals surface area contributed by atoms with Gasteiger partial charge in [-0.1, -0.05) is 135 Å². The highest BCUT2D eigenvalue weighted by molar-refractivity contribution is 8.01. The zero-order valence-electron chi connectivity index (χ0n) is 63.0. The van der Waals surface area contributed by atoms with E-state index < -0.39 is 160 Å². The van der Waals surface area contributed by atoms with Crippen LogP contribution in [0.4, 0.5) is 0 Å². The van der Waals surface area contributed by atoms with E-state index in [-0.39, 0.29) is 55.8 Å². The Morgan fingerprint density at radius 1 is 0.547 bits per heavy atom. The zero-order valence-corrected chi connectivity index (χ0v) is 63.8. The largest absolute Gasteiger partial charge is 0.390 e. The molecule has 1 unspecified atom stereocenters. The number of hydrogen-bond acceptors (Lipinski definition) is 14. The molecule has 0 aromatic heterocycles. The van der Waals surface area contributed by atoms with E-state index in [4.69, 9.17) is 0 Å². The molecule has 0 aromatic carbocycles. The number of aliphatic hydroxyl groups is 1. The SMILES string of the molecule is C/C=C/C[C@@H](C)[C@@H](O)[C@H]1C(=O)N[C@@H](CC)C(=O)N(C)CC(=O)N(C)[C@@H](CC(C)C)C(=O)N[C@@H](C(C)C)C(=O)N(C)[C@@H](CC(C)C)C(=O)N[C@@H](C)C(=O)N[C@H](C)C(=O)N(C)[C@@H](CC(C)C)C(=O)N(C)[C@@H](CC(C)C)C(=O)N(C)[C@](SC(C)NCCCCCC)(C(C)C)C(=O)N1C. The Hall–Kier alpha value is -5.82. The quantitative estimate of drug-likeness (QED) is 0.0398. The minimum atomic E-state index is -1.87. The summed E-state index contributed by atoms with van der Waals surface area (Å²) in [5, 5.41) is 26.7. The molecular formula is C70H128N12O12S. The molecule has 0 aliphatic carbocycles. The van der Waals surface area contributed by atoms with Gasteiger partial charge in [-0.2, -0.15) is 0 Å². The number of nitrogens with one attached hydrogen (secondary N) is 5. The van der Waals surface area contributed by atoms with Crippen molar-refractivity contribution in [3.63, 3.8) is 0 Å². The molecule has 1 aliphatic rings. The lowest BCUT2D eigenvalue weighted by atomic mass is 9.91. The molecule has 546 valence electrons. The molecule has 1 saturated heterocycles. The highest BCUT2D eigenvalue weighted by atomic mass is 32.2. The Morgan fingerprint density at radius 3 is 1.51 bits per heavy atom. The van der Waals surface area contributed by atoms with Crippen molar-refractivity contribution < 1.29 is 57.8 Å². The molecule has 24 nitrogen and oxygen atoms in total. The zero-order chi connectivity index (χ0) is 73.4. The molecule has 0 radical (unpaired) electrons. The van der Waals surface area contributed by atoms with Crippen molar-refractivity contribution in [3.8, 4) is 0 Å². The first kappa shape index (κ1) is 87.2. The second kappa shape index (κ2) is 40.8. The molecule has 0 spiro atoms. The third kappa shape index (κ3) is 24.9. The van der Waals surface area contributed by atoms with Gasteiger partial charge in [0.15, 0.2) is 4.87 Å². The number of aliphatic hydroxyl groups excluding tert-OH is 1. The minimum absolute atomic E-state index is 0.00760. The Balaban J connectivity index is 4.62. The molecule has 0 bridgehead atoms. The van der Waals surface area contributed by atoms with Crippen LogP contribution >= 0.6 is 11.8 Å². The van der Waals surface area contributed by atoms with Gasteiger partial charge in [-0.05, 0) is 121 Å². The summed E-state index contributed by atoms with van der Waals surface area (Å²) in [6.07, 6.45) is 6.77. The molecule has 11 amide bonds. The summed E-state index contributed by atoms with van der Waals surface area (Å²) in [6.45, 7) is 34.2. The number of carbonyl (C=O) groups excluding carboxylic acids is 11. The molecule has 6 N–H and O–H groups in total. The van der Waals surface area contributed by atoms with E-state index >= 15 is 19.2 Å². The highest BCUT2D eigenvalue weighted by Gasteiger charge is 2.55. The van der Waals surface area contributed by atoms with E-state index in [1.807, 2.05) is 75.3 Å². The van der Waals surface area contributed by atoms with Gasteiger partial charge in [0, 0.05) is 49.3 Å². The summed E-state index contributed by atoms with van der Waals surface area (Å²) in [5.41, 5.74) is 0. The number of carbonyl (C=O) groups is 11. The monoisotopic (exact) mass is 1360 g/mol. The fourth-order valence-electron chi connectivity index (χ4n) is 12.0. The number of amides is 11. The van der Waals surface area contributed by atoms with Crippen LogP contribution in [0.5, 0.6) is 0 Å². The van der Waals surface area contributed by atoms with Crippen LogP contribution in [0.25, 0.3) is 0 Å². The molecule has 1 aliphatic heterocycles. The average Bonchev–Trinajstić information content (AvgIpc) is 0.757. The maximum atomic E-state index is 16.4. The molecule has 13 atom stereocenters. The van der Waals surface area contributed by atoms with E-state index in [1.54, 1.807) is 47.6 Å². The van der Waals surface area contributed by atoms with Gasteiger partial charge in [0.25, 0.3) is 5.91 Å². The lowest BCUT2D eigenvalue weighted by Crippen LogP contribution is -2.68. The molecule has 1 rings (SSSR count). The third-order valence-electron chi connectivity index (χ3n) is 18.1. The van der Waals surface area contributed by atoms with Crippen molar-refractivity contribution in [2.45, 2.75) is 266 Å². The smallest absolute Gasteiger partial charge is 0.259 e. The summed E-state index contributed by atoms with van der Waals surface area (Å²) in [4.78, 5) is 171. The minimum Gasteiger partial charge on any atom is -0.390 e. The molecule has 0 saturated carbocycles. The third-order valence-corrected chi connectivity index (χ3v) is 19.9. The van der Waals surface area contributed by atoms with Crippen molar-refractivity contribution in [2.75, 3.05) is 62.4 Å². The van der Waals surface area contributed by atoms with Crippen molar-refractivity contribution >= 4 is 76.7 Å². The second-order valence-electron chi connectivity index (χ2n) is 28.9. The summed E-state index contributed by atoms with van der Waals surface area (Å²) in [7, 11) is 10.1. The van der Waals surface area contributed by atoms with Crippen LogP contribution < -0.4 is 26.6 Å². The number of thioether (sulfide) groups is 1. The van der Waals surface area contributed by atoms with Gasteiger partial charge in [-0.15, -0.1) is 11.8 Å². The number of rotatable bonds is 23. The number of nitrogens with zero attached hydrogens (tertiary/aromatic N) is 7. The standard InChI is InChI=1S/C70H128N12O12S/c1-27-30-32-33-35-71-50(19)95-70(46(14)15)69(94)81(25)58(59(84)47(16)34-31-28-2)63(88)74-51(29-3)65(90)76(20)40-56(83)77(21)52(36-41(4)5)62(87)75-57(45(12)13)68(93)78(22)53(37-42(6)7)61(86)72-48(17)60(85)73-49(18)64(89)79(23)54(38-43(8)9)66(91)80(24)55(39-44(10)11)67(92)82(70)26/h28,31,41-55,57-59,71,84H,27,29-30,32-40H2,1-26H3,(H,72,86)(H,73,85)(H,74,88)(H,75,87)/b31-28+/t47-,48+,49-,50?,51+,52+,53+,54+,55+,57+,58+,59-,70+/m1/s1. The van der Waals surface area contributed by atoms with E-state index in [9.17, 15) is 38.7 Å². The Kier molecular flexibility index (Phi) is 37.4. The lowest BCUT2D eigenvalue weighted by molar-refractivity contribution is -0.159. The first-order valence-corrected chi connectivity index (χ1v) is 35.7. The molecule has 1 fully saturated rings. The van der Waals surface area contributed by atoms with Crippen molar-refractivity contribution in [3.05, 3.63) is 12.2 Å². The maximum Gasteiger partial charge on any atom is 0.259 e. The van der Waals surface area contributed by atoms with Gasteiger partial charge in [0.2, 0.25) is 59.1 Å². The first-order chi connectivity index (χ1) is 44.0. The van der Waals surface area contributed by atoms with Gasteiger partial charge < -0.3 is 66.0 Å². The number of unbranched alkanes of at least 4 members (excludes halogenated alkanes) is 3. The Morgan fingerprint density at radius 2 is 1.02 bits per heavy atom. The maximum absolute atomic E-state index is 16.4. The van der Waals surface area contributed by atoms with Gasteiger partial charge in [-0.3, -0.25) is 52.7 Å². The van der Waals surface area contributed by atoms with Gasteiger partial charge in [0.05, 0.1) is 18.0 Å². The van der Waals surface area contributed by atoms with Gasteiger partial charge >= 0.3 is 0 Å². The van der Waals surface area contributed by atoms with Gasteiger partial charge in [0.1, 0.15) is 54.4 Å². The second-order valence-corrected chi connectivity index (χ2v) is 30.5. The molecular weight excluding hydrogens is 1230 g/mol. The fraction of sp³-hybridized carbons (Fsp3) is 0.814. The van der Waals surface area contributed by atoms with Crippen LogP contribution in [0.1, 0.15) is 196 Å². The molecule has 1 heterocycles. The average molecular weight is 1360 g/mol. The molecule has 95 heavy (non-hydrogen) atoms. The Labute approximate surface area is 575 Å². The van der Waals surface area contributed by atoms with Crippen molar-refractivity contribution in [1.29, 1.82) is 0 Å². The predicted molar refractivity (Wildman–Crippen MR) is 377 cm³/mol. The summed E-state index contributed by atoms with van der Waals surface area (Å²) in [5.74, 6) is -10.0. The van der Waals surface area contributed by atoms with E-state index in [1.165, 1.54) is 99.4 Å².